The molecule has 0 radical (unpaired) electrons. The molecule has 0 fully saturated rings. The molecule has 8 heteroatoms. The fourth-order valence-corrected chi connectivity index (χ4v) is 2.18. The molecule has 20 heavy (non-hydrogen) atoms. The van der Waals surface area contributed by atoms with Crippen LogP contribution in [0.5, 0.6) is 17.2 Å². The number of nitrogens with two attached hydrogens (primary N) is 1. The highest BCUT2D eigenvalue weighted by atomic mass is 32.1. The molecule has 7 nitrogen and oxygen atoms in total. The number of methoxy groups -OCH3 is 3. The molecule has 0 saturated heterocycles. The second-order valence-electron chi connectivity index (χ2n) is 3.94. The van der Waals surface area contributed by atoms with Crippen molar-refractivity contribution >= 4 is 23.3 Å². The van der Waals surface area contributed by atoms with E-state index in [2.05, 4.69) is 15.6 Å². The Morgan fingerprint density at radius 1 is 1.15 bits per heavy atom. The van der Waals surface area contributed by atoms with Crippen molar-refractivity contribution in [3.05, 3.63) is 17.7 Å². The summed E-state index contributed by atoms with van der Waals surface area (Å²) in [6, 6.07) is 3.59. The van der Waals surface area contributed by atoms with Gasteiger partial charge in [-0.25, -0.2) is 4.99 Å². The van der Waals surface area contributed by atoms with Crippen LogP contribution in [0.2, 0.25) is 0 Å². The van der Waals surface area contributed by atoms with Crippen molar-refractivity contribution < 1.29 is 14.2 Å². The van der Waals surface area contributed by atoms with Gasteiger partial charge in [0, 0.05) is 5.56 Å². The zero-order chi connectivity index (χ0) is 14.7. The number of rotatable bonds is 4. The Hall–Kier alpha value is -2.22. The van der Waals surface area contributed by atoms with E-state index >= 15 is 0 Å². The fourth-order valence-electron chi connectivity index (χ4n) is 1.97. The lowest BCUT2D eigenvalue weighted by atomic mass is 10.1. The summed E-state index contributed by atoms with van der Waals surface area (Å²) < 4.78 is 16.0. The Balaban J connectivity index is 2.51. The molecule has 1 heterocycles. The maximum Gasteiger partial charge on any atom is 0.203 e. The molecule has 108 valence electrons. The average molecular weight is 296 g/mol. The third kappa shape index (κ3) is 2.55. The molecule has 1 aliphatic rings. The maximum absolute atomic E-state index is 5.69. The van der Waals surface area contributed by atoms with Crippen molar-refractivity contribution in [2.24, 2.45) is 10.7 Å². The van der Waals surface area contributed by atoms with Gasteiger partial charge in [-0.15, -0.1) is 0 Å². The van der Waals surface area contributed by atoms with Crippen LogP contribution in [0.1, 0.15) is 11.7 Å². The summed E-state index contributed by atoms with van der Waals surface area (Å²) >= 11 is 5.07. The smallest absolute Gasteiger partial charge is 0.203 e. The van der Waals surface area contributed by atoms with E-state index in [1.54, 1.807) is 27.4 Å². The highest BCUT2D eigenvalue weighted by molar-refractivity contribution is 7.80. The summed E-state index contributed by atoms with van der Waals surface area (Å²) in [7, 11) is 4.65. The van der Waals surface area contributed by atoms with Gasteiger partial charge in [-0.05, 0) is 24.4 Å². The van der Waals surface area contributed by atoms with E-state index in [-0.39, 0.29) is 5.96 Å². The molecule has 0 amide bonds. The van der Waals surface area contributed by atoms with Gasteiger partial charge in [0.25, 0.3) is 0 Å². The number of aliphatic imine (C=N–C) groups is 1. The SMILES string of the molecule is COc1ccc(C2N=C(N)NC(=S)N2)c(OC)c1OC. The van der Waals surface area contributed by atoms with Crippen molar-refractivity contribution in [2.45, 2.75) is 6.17 Å². The number of benzene rings is 1. The van der Waals surface area contributed by atoms with Crippen molar-refractivity contribution in [3.63, 3.8) is 0 Å². The van der Waals surface area contributed by atoms with Crippen molar-refractivity contribution in [1.29, 1.82) is 0 Å². The highest BCUT2D eigenvalue weighted by Crippen LogP contribution is 2.42. The van der Waals surface area contributed by atoms with Crippen LogP contribution in [0, 0.1) is 0 Å². The number of nitrogens with zero attached hydrogens (tertiary/aromatic N) is 1. The third-order valence-corrected chi connectivity index (χ3v) is 3.03. The van der Waals surface area contributed by atoms with E-state index in [4.69, 9.17) is 32.2 Å². The second kappa shape index (κ2) is 5.83. The molecule has 1 aromatic rings. The zero-order valence-electron chi connectivity index (χ0n) is 11.4. The van der Waals surface area contributed by atoms with Crippen molar-refractivity contribution in [3.8, 4) is 17.2 Å². The van der Waals surface area contributed by atoms with Crippen LogP contribution in [-0.2, 0) is 0 Å². The predicted octanol–water partition coefficient (Wildman–Crippen LogP) is 0.503. The Morgan fingerprint density at radius 2 is 1.85 bits per heavy atom. The molecule has 0 spiro atoms. The molecular weight excluding hydrogens is 280 g/mol. The quantitative estimate of drug-likeness (QED) is 0.697. The summed E-state index contributed by atoms with van der Waals surface area (Å²) in [6.45, 7) is 0. The molecule has 0 bridgehead atoms. The van der Waals surface area contributed by atoms with Crippen LogP contribution in [0.25, 0.3) is 0 Å². The van der Waals surface area contributed by atoms with Gasteiger partial charge < -0.3 is 30.6 Å². The van der Waals surface area contributed by atoms with Gasteiger partial charge in [0.2, 0.25) is 5.75 Å². The first kappa shape index (κ1) is 14.2. The van der Waals surface area contributed by atoms with E-state index in [1.807, 2.05) is 6.07 Å². The van der Waals surface area contributed by atoms with Gasteiger partial charge in [0.1, 0.15) is 0 Å². The lowest BCUT2D eigenvalue weighted by Gasteiger charge is -2.25. The first-order valence-electron chi connectivity index (χ1n) is 5.80. The lowest BCUT2D eigenvalue weighted by molar-refractivity contribution is 0.320. The van der Waals surface area contributed by atoms with Crippen LogP contribution < -0.4 is 30.6 Å². The molecule has 1 aromatic carbocycles. The third-order valence-electron chi connectivity index (χ3n) is 2.81. The number of thiocarbonyl (C=S) groups is 1. The summed E-state index contributed by atoms with van der Waals surface area (Å²) in [5.41, 5.74) is 6.43. The molecule has 1 unspecified atom stereocenters. The van der Waals surface area contributed by atoms with E-state index in [9.17, 15) is 0 Å². The minimum Gasteiger partial charge on any atom is -0.493 e. The highest BCUT2D eigenvalue weighted by Gasteiger charge is 2.25. The molecule has 0 aromatic heterocycles. The first-order valence-corrected chi connectivity index (χ1v) is 6.21. The number of ether oxygens (including phenoxy) is 3. The molecule has 1 atom stereocenters. The summed E-state index contributed by atoms with van der Waals surface area (Å²) in [4.78, 5) is 4.25. The van der Waals surface area contributed by atoms with Crippen LogP contribution >= 0.6 is 12.2 Å². The Kier molecular flexibility index (Phi) is 4.14. The van der Waals surface area contributed by atoms with Gasteiger partial charge >= 0.3 is 0 Å². The van der Waals surface area contributed by atoms with Crippen LogP contribution in [-0.4, -0.2) is 32.4 Å². The molecule has 0 aliphatic carbocycles. The molecular formula is C12H16N4O3S. The number of hydrogen-bond acceptors (Lipinski definition) is 6. The molecule has 0 saturated carbocycles. The summed E-state index contributed by atoms with van der Waals surface area (Å²) in [6.07, 6.45) is -0.446. The summed E-state index contributed by atoms with van der Waals surface area (Å²) in [5.74, 6) is 1.83. The Bertz CT molecular complexity index is 562. The van der Waals surface area contributed by atoms with Gasteiger partial charge in [-0.2, -0.15) is 0 Å². The number of hydrogen-bond donors (Lipinski definition) is 3. The molecule has 2 rings (SSSR count). The van der Waals surface area contributed by atoms with E-state index in [0.717, 1.165) is 5.56 Å². The normalized spacial score (nSPS) is 17.6. The Morgan fingerprint density at radius 3 is 2.40 bits per heavy atom. The van der Waals surface area contributed by atoms with Gasteiger partial charge in [-0.3, -0.25) is 0 Å². The topological polar surface area (TPSA) is 90.1 Å². The van der Waals surface area contributed by atoms with E-state index in [0.29, 0.717) is 22.4 Å². The lowest BCUT2D eigenvalue weighted by Crippen LogP contribution is -2.49. The van der Waals surface area contributed by atoms with Gasteiger partial charge in [0.05, 0.1) is 21.3 Å². The minimum absolute atomic E-state index is 0.246. The molecule has 1 aliphatic heterocycles. The minimum atomic E-state index is -0.446. The van der Waals surface area contributed by atoms with Crippen LogP contribution in [0.3, 0.4) is 0 Å². The predicted molar refractivity (Wildman–Crippen MR) is 79.3 cm³/mol. The average Bonchev–Trinajstić information content (AvgIpc) is 2.44. The number of nitrogens with one attached hydrogen (secondary N) is 2. The maximum atomic E-state index is 5.69. The second-order valence-corrected chi connectivity index (χ2v) is 4.35. The molecule has 4 N–H and O–H groups in total. The zero-order valence-corrected chi connectivity index (χ0v) is 12.2. The van der Waals surface area contributed by atoms with Crippen molar-refractivity contribution in [2.75, 3.05) is 21.3 Å². The summed E-state index contributed by atoms with van der Waals surface area (Å²) in [5, 5.41) is 6.12. The van der Waals surface area contributed by atoms with Gasteiger partial charge in [-0.1, -0.05) is 0 Å². The first-order chi connectivity index (χ1) is 9.60. The standard InChI is InChI=1S/C12H16N4O3S/c1-17-7-5-4-6(8(18-2)9(7)19-3)10-14-11(13)16-12(20)15-10/h4-5,10H,1-3H3,(H4,13,14,15,16,20). The van der Waals surface area contributed by atoms with E-state index < -0.39 is 6.17 Å². The largest absolute Gasteiger partial charge is 0.493 e. The van der Waals surface area contributed by atoms with Crippen LogP contribution in [0.15, 0.2) is 17.1 Å². The van der Waals surface area contributed by atoms with Crippen molar-refractivity contribution in [1.82, 2.24) is 10.6 Å². The Labute approximate surface area is 122 Å². The fraction of sp³-hybridized carbons (Fsp3) is 0.333. The van der Waals surface area contributed by atoms with Gasteiger partial charge in [0.15, 0.2) is 28.7 Å². The monoisotopic (exact) mass is 296 g/mol. The van der Waals surface area contributed by atoms with E-state index in [1.165, 1.54) is 0 Å². The van der Waals surface area contributed by atoms with Crippen LogP contribution in [0.4, 0.5) is 0 Å². The number of guanidine groups is 1.